The van der Waals surface area contributed by atoms with Crippen molar-refractivity contribution in [3.05, 3.63) is 78.1 Å². The molecule has 6 nitrogen and oxygen atoms in total. The van der Waals surface area contributed by atoms with Crippen LogP contribution in [0.4, 0.5) is 18.9 Å². The average molecular weight is 513 g/mol. The van der Waals surface area contributed by atoms with Gasteiger partial charge in [-0.3, -0.25) is 14.7 Å². The number of carbonyl (C=O) groups excluding carboxylic acids is 1. The van der Waals surface area contributed by atoms with Crippen LogP contribution in [0, 0.1) is 0 Å². The van der Waals surface area contributed by atoms with E-state index in [0.29, 0.717) is 6.61 Å². The van der Waals surface area contributed by atoms with Crippen LogP contribution in [-0.4, -0.2) is 61.3 Å². The predicted molar refractivity (Wildman–Crippen MR) is 138 cm³/mol. The first kappa shape index (κ1) is 26.5. The van der Waals surface area contributed by atoms with E-state index in [9.17, 15) is 18.0 Å². The largest absolute Gasteiger partial charge is 0.492 e. The smallest absolute Gasteiger partial charge is 0.405 e. The highest BCUT2D eigenvalue weighted by Gasteiger charge is 2.28. The van der Waals surface area contributed by atoms with Crippen molar-refractivity contribution in [2.75, 3.05) is 44.2 Å². The number of amides is 1. The van der Waals surface area contributed by atoms with Gasteiger partial charge in [-0.15, -0.1) is 0 Å². The zero-order valence-electron chi connectivity index (χ0n) is 21.0. The van der Waals surface area contributed by atoms with Crippen LogP contribution in [-0.2, 0) is 0 Å². The van der Waals surface area contributed by atoms with E-state index in [1.165, 1.54) is 5.56 Å². The Morgan fingerprint density at radius 3 is 2.30 bits per heavy atom. The standard InChI is InChI=1S/C28H31F3N4O2/c1-3-37-26-16-24(17-32-18-26)22-6-4-21(5-7-22)20(2)34-12-14-35(15-13-34)25-10-8-23(9-11-25)27(36)33-19-28(29,30)31/h4-11,16-18,20H,3,12-15,19H2,1-2H3,(H,33,36). The van der Waals surface area contributed by atoms with Crippen molar-refractivity contribution >= 4 is 11.6 Å². The van der Waals surface area contributed by atoms with Crippen molar-refractivity contribution < 1.29 is 22.7 Å². The van der Waals surface area contributed by atoms with E-state index in [0.717, 1.165) is 48.7 Å². The Bertz CT molecular complexity index is 1180. The molecule has 0 aliphatic carbocycles. The van der Waals surface area contributed by atoms with Crippen LogP contribution in [0.2, 0.25) is 0 Å². The number of halogens is 3. The summed E-state index contributed by atoms with van der Waals surface area (Å²) in [5.74, 6) is 0.0291. The second-order valence-electron chi connectivity index (χ2n) is 9.01. The zero-order valence-corrected chi connectivity index (χ0v) is 21.0. The van der Waals surface area contributed by atoms with Gasteiger partial charge in [-0.2, -0.15) is 13.2 Å². The quantitative estimate of drug-likeness (QED) is 0.443. The van der Waals surface area contributed by atoms with Gasteiger partial charge in [0.2, 0.25) is 0 Å². The molecule has 1 aliphatic heterocycles. The molecule has 1 amide bonds. The van der Waals surface area contributed by atoms with Gasteiger partial charge in [-0.25, -0.2) is 0 Å². The Labute approximate surface area is 215 Å². The molecule has 2 aromatic carbocycles. The molecule has 1 aliphatic rings. The molecular formula is C28H31F3N4O2. The van der Waals surface area contributed by atoms with E-state index in [2.05, 4.69) is 46.0 Å². The van der Waals surface area contributed by atoms with Gasteiger partial charge in [0.15, 0.2) is 0 Å². The van der Waals surface area contributed by atoms with E-state index in [-0.39, 0.29) is 11.6 Å². The molecule has 1 aromatic heterocycles. The van der Waals surface area contributed by atoms with Crippen LogP contribution >= 0.6 is 0 Å². The topological polar surface area (TPSA) is 57.7 Å². The molecule has 0 bridgehead atoms. The fraction of sp³-hybridized carbons (Fsp3) is 0.357. The molecule has 3 aromatic rings. The number of alkyl halides is 3. The first-order valence-corrected chi connectivity index (χ1v) is 12.4. The van der Waals surface area contributed by atoms with Gasteiger partial charge in [0.25, 0.3) is 5.91 Å². The van der Waals surface area contributed by atoms with Gasteiger partial charge in [0, 0.05) is 55.2 Å². The number of aromatic nitrogens is 1. The van der Waals surface area contributed by atoms with Crippen LogP contribution in [0.5, 0.6) is 5.75 Å². The second kappa shape index (κ2) is 11.6. The molecule has 1 fully saturated rings. The number of nitrogens with zero attached hydrogens (tertiary/aromatic N) is 3. The van der Waals surface area contributed by atoms with Crippen molar-refractivity contribution in [2.45, 2.75) is 26.1 Å². The normalized spacial score (nSPS) is 15.3. The van der Waals surface area contributed by atoms with E-state index >= 15 is 0 Å². The highest BCUT2D eigenvalue weighted by molar-refractivity contribution is 5.94. The molecule has 1 unspecified atom stereocenters. The highest BCUT2D eigenvalue weighted by atomic mass is 19.4. The number of anilines is 1. The lowest BCUT2D eigenvalue weighted by Crippen LogP contribution is -2.47. The number of hydrogen-bond acceptors (Lipinski definition) is 5. The average Bonchev–Trinajstić information content (AvgIpc) is 2.91. The number of benzene rings is 2. The summed E-state index contributed by atoms with van der Waals surface area (Å²) in [6, 6.07) is 17.5. The lowest BCUT2D eigenvalue weighted by molar-refractivity contribution is -0.123. The zero-order chi connectivity index (χ0) is 26.4. The maximum Gasteiger partial charge on any atom is 0.405 e. The van der Waals surface area contributed by atoms with E-state index in [4.69, 9.17) is 4.74 Å². The third kappa shape index (κ3) is 7.01. The number of carbonyl (C=O) groups is 1. The fourth-order valence-electron chi connectivity index (χ4n) is 4.46. The Morgan fingerprint density at radius 1 is 1.00 bits per heavy atom. The lowest BCUT2D eigenvalue weighted by Gasteiger charge is -2.39. The molecule has 0 radical (unpaired) electrons. The number of ether oxygens (including phenoxy) is 1. The summed E-state index contributed by atoms with van der Waals surface area (Å²) >= 11 is 0. The Hall–Kier alpha value is -3.59. The van der Waals surface area contributed by atoms with Crippen LogP contribution in [0.3, 0.4) is 0 Å². The monoisotopic (exact) mass is 512 g/mol. The van der Waals surface area contributed by atoms with Gasteiger partial charge in [0.05, 0.1) is 12.8 Å². The Balaban J connectivity index is 1.31. The maximum atomic E-state index is 12.3. The molecule has 196 valence electrons. The second-order valence-corrected chi connectivity index (χ2v) is 9.01. The summed E-state index contributed by atoms with van der Waals surface area (Å²) in [6.45, 7) is 6.79. The minimum Gasteiger partial charge on any atom is -0.492 e. The summed E-state index contributed by atoms with van der Waals surface area (Å²) in [7, 11) is 0. The lowest BCUT2D eigenvalue weighted by atomic mass is 10.0. The Kier molecular flexibility index (Phi) is 8.33. The molecule has 0 spiro atoms. The SMILES string of the molecule is CCOc1cncc(-c2ccc(C(C)N3CCN(c4ccc(C(=O)NCC(F)(F)F)cc4)CC3)cc2)c1. The van der Waals surface area contributed by atoms with Crippen molar-refractivity contribution in [2.24, 2.45) is 0 Å². The number of pyridine rings is 1. The number of piperazine rings is 1. The molecule has 37 heavy (non-hydrogen) atoms. The van der Waals surface area contributed by atoms with E-state index in [1.54, 1.807) is 30.5 Å². The first-order valence-electron chi connectivity index (χ1n) is 12.4. The highest BCUT2D eigenvalue weighted by Crippen LogP contribution is 2.28. The maximum absolute atomic E-state index is 12.3. The number of rotatable bonds is 8. The van der Waals surface area contributed by atoms with E-state index < -0.39 is 18.6 Å². The predicted octanol–water partition coefficient (Wildman–Crippen LogP) is 5.32. The van der Waals surface area contributed by atoms with Crippen LogP contribution < -0.4 is 15.0 Å². The van der Waals surface area contributed by atoms with Gasteiger partial charge >= 0.3 is 6.18 Å². The molecule has 1 atom stereocenters. The van der Waals surface area contributed by atoms with Crippen molar-refractivity contribution in [1.29, 1.82) is 0 Å². The van der Waals surface area contributed by atoms with Gasteiger partial charge in [0.1, 0.15) is 12.3 Å². The summed E-state index contributed by atoms with van der Waals surface area (Å²) in [6.07, 6.45) is -0.879. The number of hydrogen-bond donors (Lipinski definition) is 1. The third-order valence-corrected chi connectivity index (χ3v) is 6.56. The minimum atomic E-state index is -4.43. The fourth-order valence-corrected chi connectivity index (χ4v) is 4.46. The molecule has 2 heterocycles. The molecule has 9 heteroatoms. The van der Waals surface area contributed by atoms with Gasteiger partial charge < -0.3 is 15.0 Å². The molecule has 0 saturated carbocycles. The summed E-state index contributed by atoms with van der Waals surface area (Å²) in [5, 5.41) is 1.90. The first-order chi connectivity index (χ1) is 17.7. The van der Waals surface area contributed by atoms with Crippen LogP contribution in [0.1, 0.15) is 35.8 Å². The van der Waals surface area contributed by atoms with Crippen molar-refractivity contribution in [3.63, 3.8) is 0 Å². The van der Waals surface area contributed by atoms with E-state index in [1.807, 2.05) is 24.5 Å². The summed E-state index contributed by atoms with van der Waals surface area (Å²) < 4.78 is 42.5. The van der Waals surface area contributed by atoms with Crippen LogP contribution in [0.25, 0.3) is 11.1 Å². The molecule has 4 rings (SSSR count). The molecule has 1 N–H and O–H groups in total. The third-order valence-electron chi connectivity index (χ3n) is 6.56. The molecular weight excluding hydrogens is 481 g/mol. The summed E-state index contributed by atoms with van der Waals surface area (Å²) in [5.41, 5.74) is 4.50. The number of nitrogens with one attached hydrogen (secondary N) is 1. The Morgan fingerprint density at radius 2 is 1.68 bits per heavy atom. The van der Waals surface area contributed by atoms with Crippen molar-refractivity contribution in [3.8, 4) is 16.9 Å². The van der Waals surface area contributed by atoms with Gasteiger partial charge in [-0.05, 0) is 55.3 Å². The van der Waals surface area contributed by atoms with Crippen LogP contribution in [0.15, 0.2) is 67.0 Å². The molecule has 1 saturated heterocycles. The summed E-state index contributed by atoms with van der Waals surface area (Å²) in [4.78, 5) is 20.9. The van der Waals surface area contributed by atoms with Gasteiger partial charge in [-0.1, -0.05) is 24.3 Å². The minimum absolute atomic E-state index is 0.212. The van der Waals surface area contributed by atoms with Crippen molar-refractivity contribution in [1.82, 2.24) is 15.2 Å².